The minimum atomic E-state index is -0.439. The summed E-state index contributed by atoms with van der Waals surface area (Å²) in [7, 11) is 0. The molecule has 1 aliphatic rings. The number of rotatable bonds is 3. The smallest absolute Gasteiger partial charge is 0.323 e. The Kier molecular flexibility index (Phi) is 4.31. The number of anilines is 1. The summed E-state index contributed by atoms with van der Waals surface area (Å²) in [6, 6.07) is 2.48. The third kappa shape index (κ3) is 3.64. The van der Waals surface area contributed by atoms with Crippen LogP contribution in [0.4, 0.5) is 15.0 Å². The molecule has 2 N–H and O–H groups in total. The van der Waals surface area contributed by atoms with E-state index in [0.29, 0.717) is 18.8 Å². The van der Waals surface area contributed by atoms with Crippen LogP contribution in [0.1, 0.15) is 26.2 Å². The predicted molar refractivity (Wildman–Crippen MR) is 69.2 cm³/mol. The Morgan fingerprint density at radius 3 is 3.11 bits per heavy atom. The Morgan fingerprint density at radius 2 is 2.47 bits per heavy atom. The van der Waals surface area contributed by atoms with Gasteiger partial charge in [-0.1, -0.05) is 0 Å². The molecule has 2 atom stereocenters. The van der Waals surface area contributed by atoms with Gasteiger partial charge in [0, 0.05) is 12.6 Å². The Balaban J connectivity index is 1.97. The molecule has 1 aromatic heterocycles. The van der Waals surface area contributed by atoms with Crippen molar-refractivity contribution >= 4 is 11.8 Å². The standard InChI is InChI=1S/C13H18FN3O2/c1-9(18)7-11-3-2-6-17(11)13(19)16-12-5-4-10(14)8-15-12/h4-5,8-9,11,18H,2-3,6-7H2,1H3,(H,15,16,19)/t9-,11-/m1/s1. The van der Waals surface area contributed by atoms with Gasteiger partial charge in [0.2, 0.25) is 0 Å². The van der Waals surface area contributed by atoms with Crippen LogP contribution in [0.5, 0.6) is 0 Å². The lowest BCUT2D eigenvalue weighted by Crippen LogP contribution is -2.40. The van der Waals surface area contributed by atoms with Gasteiger partial charge in [0.1, 0.15) is 11.6 Å². The molecule has 1 fully saturated rings. The van der Waals surface area contributed by atoms with Crippen molar-refractivity contribution in [2.45, 2.75) is 38.3 Å². The molecule has 5 nitrogen and oxygen atoms in total. The number of carbonyl (C=O) groups excluding carboxylic acids is 1. The highest BCUT2D eigenvalue weighted by Crippen LogP contribution is 2.22. The Morgan fingerprint density at radius 1 is 1.68 bits per heavy atom. The minimum absolute atomic E-state index is 0.0560. The zero-order valence-electron chi connectivity index (χ0n) is 10.8. The summed E-state index contributed by atoms with van der Waals surface area (Å²) in [5, 5.41) is 12.1. The number of amides is 2. The quantitative estimate of drug-likeness (QED) is 0.880. The number of urea groups is 1. The maximum absolute atomic E-state index is 12.7. The molecule has 1 saturated heterocycles. The van der Waals surface area contributed by atoms with Crippen LogP contribution in [0.15, 0.2) is 18.3 Å². The van der Waals surface area contributed by atoms with Crippen LogP contribution in [0, 0.1) is 5.82 Å². The number of hydrogen-bond acceptors (Lipinski definition) is 3. The number of hydrogen-bond donors (Lipinski definition) is 2. The number of aliphatic hydroxyl groups is 1. The van der Waals surface area contributed by atoms with Crippen molar-refractivity contribution in [3.8, 4) is 0 Å². The van der Waals surface area contributed by atoms with Crippen molar-refractivity contribution in [3.63, 3.8) is 0 Å². The highest BCUT2D eigenvalue weighted by Gasteiger charge is 2.29. The van der Waals surface area contributed by atoms with Gasteiger partial charge in [0.15, 0.2) is 0 Å². The fraction of sp³-hybridized carbons (Fsp3) is 0.538. The van der Waals surface area contributed by atoms with E-state index in [4.69, 9.17) is 0 Å². The number of halogens is 1. The summed E-state index contributed by atoms with van der Waals surface area (Å²) in [6.07, 6.45) is 3.04. The Hall–Kier alpha value is -1.69. The van der Waals surface area contributed by atoms with Crippen molar-refractivity contribution in [3.05, 3.63) is 24.1 Å². The van der Waals surface area contributed by atoms with Gasteiger partial charge >= 0.3 is 6.03 Å². The molecule has 0 saturated carbocycles. The van der Waals surface area contributed by atoms with E-state index in [1.807, 2.05) is 0 Å². The molecule has 1 aromatic rings. The van der Waals surface area contributed by atoms with E-state index in [1.165, 1.54) is 12.1 Å². The Bertz CT molecular complexity index is 436. The van der Waals surface area contributed by atoms with Crippen LogP contribution in [-0.2, 0) is 0 Å². The van der Waals surface area contributed by atoms with Crippen molar-refractivity contribution in [1.29, 1.82) is 0 Å². The number of pyridine rings is 1. The van der Waals surface area contributed by atoms with Gasteiger partial charge in [-0.05, 0) is 38.3 Å². The second-order valence-corrected chi connectivity index (χ2v) is 4.87. The highest BCUT2D eigenvalue weighted by atomic mass is 19.1. The molecule has 0 aromatic carbocycles. The van der Waals surface area contributed by atoms with E-state index in [2.05, 4.69) is 10.3 Å². The number of likely N-dealkylation sites (tertiary alicyclic amines) is 1. The predicted octanol–water partition coefficient (Wildman–Crippen LogP) is 1.99. The molecule has 19 heavy (non-hydrogen) atoms. The van der Waals surface area contributed by atoms with Crippen LogP contribution in [0.3, 0.4) is 0 Å². The van der Waals surface area contributed by atoms with Crippen molar-refractivity contribution in [1.82, 2.24) is 9.88 Å². The van der Waals surface area contributed by atoms with Crippen LogP contribution in [0.2, 0.25) is 0 Å². The van der Waals surface area contributed by atoms with Gasteiger partial charge in [0.05, 0.1) is 12.3 Å². The van der Waals surface area contributed by atoms with Gasteiger partial charge in [-0.3, -0.25) is 5.32 Å². The minimum Gasteiger partial charge on any atom is -0.393 e. The van der Waals surface area contributed by atoms with Gasteiger partial charge in [-0.15, -0.1) is 0 Å². The average molecular weight is 267 g/mol. The zero-order chi connectivity index (χ0) is 13.8. The molecule has 2 rings (SSSR count). The fourth-order valence-electron chi connectivity index (χ4n) is 2.37. The van der Waals surface area contributed by atoms with E-state index in [0.717, 1.165) is 19.0 Å². The maximum Gasteiger partial charge on any atom is 0.323 e. The summed E-state index contributed by atoms with van der Waals surface area (Å²) in [5.74, 6) is -0.111. The van der Waals surface area contributed by atoms with E-state index in [1.54, 1.807) is 11.8 Å². The number of carbonyl (C=O) groups is 1. The number of aromatic nitrogens is 1. The molecule has 2 amide bonds. The summed E-state index contributed by atoms with van der Waals surface area (Å²) in [4.78, 5) is 17.6. The number of nitrogens with zero attached hydrogens (tertiary/aromatic N) is 2. The van der Waals surface area contributed by atoms with Crippen molar-refractivity contribution in [2.75, 3.05) is 11.9 Å². The van der Waals surface area contributed by atoms with Gasteiger partial charge in [-0.25, -0.2) is 14.2 Å². The molecule has 0 spiro atoms. The fourth-order valence-corrected chi connectivity index (χ4v) is 2.37. The van der Waals surface area contributed by atoms with Gasteiger partial charge in [-0.2, -0.15) is 0 Å². The molecule has 1 aliphatic heterocycles. The lowest BCUT2D eigenvalue weighted by atomic mass is 10.1. The zero-order valence-corrected chi connectivity index (χ0v) is 10.8. The lowest BCUT2D eigenvalue weighted by Gasteiger charge is -2.25. The second-order valence-electron chi connectivity index (χ2n) is 4.87. The molecule has 104 valence electrons. The second kappa shape index (κ2) is 5.97. The maximum atomic E-state index is 12.7. The van der Waals surface area contributed by atoms with E-state index in [9.17, 15) is 14.3 Å². The summed E-state index contributed by atoms with van der Waals surface area (Å²) in [6.45, 7) is 2.39. The first-order valence-corrected chi connectivity index (χ1v) is 6.43. The monoisotopic (exact) mass is 267 g/mol. The van der Waals surface area contributed by atoms with E-state index < -0.39 is 11.9 Å². The molecular weight excluding hydrogens is 249 g/mol. The molecule has 0 unspecified atom stereocenters. The third-order valence-electron chi connectivity index (χ3n) is 3.21. The van der Waals surface area contributed by atoms with E-state index >= 15 is 0 Å². The Labute approximate surface area is 111 Å². The first-order valence-electron chi connectivity index (χ1n) is 6.43. The summed E-state index contributed by atoms with van der Waals surface area (Å²) >= 11 is 0. The van der Waals surface area contributed by atoms with Crippen LogP contribution < -0.4 is 5.32 Å². The van der Waals surface area contributed by atoms with Crippen LogP contribution in [0.25, 0.3) is 0 Å². The molecular formula is C13H18FN3O2. The van der Waals surface area contributed by atoms with Gasteiger partial charge < -0.3 is 10.0 Å². The molecule has 0 aliphatic carbocycles. The topological polar surface area (TPSA) is 65.5 Å². The highest BCUT2D eigenvalue weighted by molar-refractivity contribution is 5.88. The SMILES string of the molecule is C[C@@H](O)C[C@H]1CCCN1C(=O)Nc1ccc(F)cn1. The molecule has 6 heteroatoms. The first kappa shape index (κ1) is 13.7. The van der Waals surface area contributed by atoms with Crippen LogP contribution in [-0.4, -0.2) is 39.7 Å². The molecule has 0 bridgehead atoms. The molecule has 2 heterocycles. The number of aliphatic hydroxyl groups excluding tert-OH is 1. The summed E-state index contributed by atoms with van der Waals surface area (Å²) < 4.78 is 12.7. The van der Waals surface area contributed by atoms with E-state index in [-0.39, 0.29) is 12.1 Å². The normalized spacial score (nSPS) is 20.4. The lowest BCUT2D eigenvalue weighted by molar-refractivity contribution is 0.142. The van der Waals surface area contributed by atoms with Crippen LogP contribution >= 0.6 is 0 Å². The third-order valence-corrected chi connectivity index (χ3v) is 3.21. The first-order chi connectivity index (χ1) is 9.06. The largest absolute Gasteiger partial charge is 0.393 e. The van der Waals surface area contributed by atoms with Crippen molar-refractivity contribution in [2.24, 2.45) is 0 Å². The van der Waals surface area contributed by atoms with Gasteiger partial charge in [0.25, 0.3) is 0 Å². The van der Waals surface area contributed by atoms with Crippen molar-refractivity contribution < 1.29 is 14.3 Å². The summed E-state index contributed by atoms with van der Waals surface area (Å²) in [5.41, 5.74) is 0. The molecule has 0 radical (unpaired) electrons. The number of nitrogens with one attached hydrogen (secondary N) is 1. The average Bonchev–Trinajstić information content (AvgIpc) is 2.79.